The Kier molecular flexibility index (Phi) is 3.44. The van der Waals surface area contributed by atoms with Gasteiger partial charge in [0.1, 0.15) is 6.04 Å². The molecule has 4 heteroatoms. The smallest absolute Gasteiger partial charge is 0.342 e. The van der Waals surface area contributed by atoms with E-state index in [1.807, 2.05) is 0 Å². The monoisotopic (exact) mass is 128 g/mol. The molecule has 0 fully saturated rings. The first kappa shape index (κ1) is 7.95. The molecule has 1 unspecified atom stereocenters. The minimum atomic E-state index is -0.792. The van der Waals surface area contributed by atoms with Gasteiger partial charge in [-0.2, -0.15) is 5.90 Å². The standard InChI is InChI=1S/C5H8N2O2/c1-2-3-4(6)5(8)9-7/h1,4H,3,6-7H2. The first-order valence-electron chi connectivity index (χ1n) is 2.32. The second-order valence-corrected chi connectivity index (χ2v) is 1.45. The average Bonchev–Trinajstić information content (AvgIpc) is 1.87. The van der Waals surface area contributed by atoms with E-state index in [1.54, 1.807) is 0 Å². The molecule has 9 heavy (non-hydrogen) atoms. The molecule has 0 aromatic carbocycles. The molecule has 0 aliphatic rings. The van der Waals surface area contributed by atoms with Crippen molar-refractivity contribution in [2.24, 2.45) is 11.6 Å². The van der Waals surface area contributed by atoms with Crippen LogP contribution in [0.1, 0.15) is 6.42 Å². The van der Waals surface area contributed by atoms with Crippen LogP contribution in [0.3, 0.4) is 0 Å². The lowest BCUT2D eigenvalue weighted by atomic mass is 10.2. The lowest BCUT2D eigenvalue weighted by Crippen LogP contribution is -2.33. The molecule has 0 aromatic heterocycles. The van der Waals surface area contributed by atoms with Crippen LogP contribution in [-0.2, 0) is 9.63 Å². The zero-order valence-corrected chi connectivity index (χ0v) is 4.83. The fourth-order valence-electron chi connectivity index (χ4n) is 0.298. The maximum atomic E-state index is 10.3. The Balaban J connectivity index is 3.62. The van der Waals surface area contributed by atoms with Crippen molar-refractivity contribution in [2.75, 3.05) is 0 Å². The summed E-state index contributed by atoms with van der Waals surface area (Å²) in [4.78, 5) is 14.1. The van der Waals surface area contributed by atoms with E-state index in [2.05, 4.69) is 16.7 Å². The van der Waals surface area contributed by atoms with Crippen LogP contribution in [0.2, 0.25) is 0 Å². The van der Waals surface area contributed by atoms with Crippen molar-refractivity contribution in [2.45, 2.75) is 12.5 Å². The number of hydrogen-bond donors (Lipinski definition) is 2. The van der Waals surface area contributed by atoms with Crippen LogP contribution < -0.4 is 11.6 Å². The number of terminal acetylenes is 1. The fourth-order valence-corrected chi connectivity index (χ4v) is 0.298. The normalized spacial score (nSPS) is 11.7. The Bertz CT molecular complexity index is 138. The molecule has 0 heterocycles. The van der Waals surface area contributed by atoms with E-state index in [0.29, 0.717) is 0 Å². The number of carbonyl (C=O) groups excluding carboxylic acids is 1. The van der Waals surface area contributed by atoms with Gasteiger partial charge in [-0.15, -0.1) is 12.3 Å². The Morgan fingerprint density at radius 3 is 2.78 bits per heavy atom. The van der Waals surface area contributed by atoms with Crippen molar-refractivity contribution in [3.05, 3.63) is 0 Å². The molecule has 0 rings (SSSR count). The lowest BCUT2D eigenvalue weighted by molar-refractivity contribution is -0.145. The largest absolute Gasteiger partial charge is 0.372 e. The van der Waals surface area contributed by atoms with Gasteiger partial charge in [-0.3, -0.25) is 0 Å². The van der Waals surface area contributed by atoms with Gasteiger partial charge in [0, 0.05) is 6.42 Å². The molecular formula is C5H8N2O2. The molecule has 0 amide bonds. The molecule has 4 nitrogen and oxygen atoms in total. The molecule has 0 saturated heterocycles. The number of rotatable bonds is 2. The van der Waals surface area contributed by atoms with Gasteiger partial charge in [-0.1, -0.05) is 0 Å². The summed E-state index contributed by atoms with van der Waals surface area (Å²) in [5, 5.41) is 0. The summed E-state index contributed by atoms with van der Waals surface area (Å²) in [5.41, 5.74) is 5.14. The van der Waals surface area contributed by atoms with Crippen molar-refractivity contribution >= 4 is 5.97 Å². The van der Waals surface area contributed by atoms with Crippen LogP contribution in [0.25, 0.3) is 0 Å². The van der Waals surface area contributed by atoms with E-state index in [9.17, 15) is 4.79 Å². The van der Waals surface area contributed by atoms with Crippen LogP contribution in [0.5, 0.6) is 0 Å². The maximum Gasteiger partial charge on any atom is 0.342 e. The summed E-state index contributed by atoms with van der Waals surface area (Å²) in [7, 11) is 0. The molecular weight excluding hydrogens is 120 g/mol. The van der Waals surface area contributed by atoms with E-state index in [4.69, 9.17) is 12.2 Å². The van der Waals surface area contributed by atoms with Crippen molar-refractivity contribution < 1.29 is 9.63 Å². The van der Waals surface area contributed by atoms with Crippen LogP contribution in [0, 0.1) is 12.3 Å². The van der Waals surface area contributed by atoms with Gasteiger partial charge in [-0.25, -0.2) is 4.79 Å². The molecule has 0 saturated carbocycles. The summed E-state index contributed by atoms with van der Waals surface area (Å²) in [6.07, 6.45) is 4.99. The predicted molar refractivity (Wildman–Crippen MR) is 31.7 cm³/mol. The highest BCUT2D eigenvalue weighted by atomic mass is 16.7. The summed E-state index contributed by atoms with van der Waals surface area (Å²) < 4.78 is 0. The topological polar surface area (TPSA) is 78.3 Å². The Morgan fingerprint density at radius 1 is 1.89 bits per heavy atom. The zero-order chi connectivity index (χ0) is 7.28. The zero-order valence-electron chi connectivity index (χ0n) is 4.83. The molecule has 0 aliphatic carbocycles. The molecule has 0 aliphatic heterocycles. The number of nitrogens with two attached hydrogens (primary N) is 2. The van der Waals surface area contributed by atoms with Gasteiger partial charge in [0.05, 0.1) is 0 Å². The van der Waals surface area contributed by atoms with E-state index >= 15 is 0 Å². The summed E-state index contributed by atoms with van der Waals surface area (Å²) in [6, 6.07) is -0.792. The van der Waals surface area contributed by atoms with Gasteiger partial charge in [0.25, 0.3) is 0 Å². The third-order valence-corrected chi connectivity index (χ3v) is 0.757. The van der Waals surface area contributed by atoms with E-state index in [-0.39, 0.29) is 6.42 Å². The highest BCUT2D eigenvalue weighted by molar-refractivity contribution is 5.75. The lowest BCUT2D eigenvalue weighted by Gasteiger charge is -2.01. The van der Waals surface area contributed by atoms with Gasteiger partial charge in [0.2, 0.25) is 0 Å². The van der Waals surface area contributed by atoms with Crippen LogP contribution in [0.15, 0.2) is 0 Å². The van der Waals surface area contributed by atoms with E-state index < -0.39 is 12.0 Å². The number of hydrogen-bond acceptors (Lipinski definition) is 4. The average molecular weight is 128 g/mol. The molecule has 1 atom stereocenters. The number of carbonyl (C=O) groups is 1. The maximum absolute atomic E-state index is 10.3. The summed E-state index contributed by atoms with van der Waals surface area (Å²) in [5.74, 6) is 6.02. The van der Waals surface area contributed by atoms with Crippen molar-refractivity contribution in [3.63, 3.8) is 0 Å². The molecule has 0 aromatic rings. The quantitative estimate of drug-likeness (QED) is 0.360. The highest BCUT2D eigenvalue weighted by Gasteiger charge is 2.11. The van der Waals surface area contributed by atoms with Crippen LogP contribution in [-0.4, -0.2) is 12.0 Å². The van der Waals surface area contributed by atoms with Gasteiger partial charge >= 0.3 is 5.97 Å². The minimum absolute atomic E-state index is 0.149. The predicted octanol–water partition coefficient (Wildman–Crippen LogP) is -1.25. The fraction of sp³-hybridized carbons (Fsp3) is 0.400. The third-order valence-electron chi connectivity index (χ3n) is 0.757. The van der Waals surface area contributed by atoms with E-state index in [0.717, 1.165) is 0 Å². The minimum Gasteiger partial charge on any atom is -0.372 e. The summed E-state index contributed by atoms with van der Waals surface area (Å²) in [6.45, 7) is 0. The molecule has 0 radical (unpaired) electrons. The first-order chi connectivity index (χ1) is 4.22. The van der Waals surface area contributed by atoms with Crippen LogP contribution in [0.4, 0.5) is 0 Å². The molecule has 50 valence electrons. The van der Waals surface area contributed by atoms with Crippen molar-refractivity contribution in [3.8, 4) is 12.3 Å². The molecule has 0 bridgehead atoms. The third kappa shape index (κ3) is 2.69. The Labute approximate surface area is 53.1 Å². The highest BCUT2D eigenvalue weighted by Crippen LogP contribution is 1.85. The summed E-state index contributed by atoms with van der Waals surface area (Å²) >= 11 is 0. The van der Waals surface area contributed by atoms with Gasteiger partial charge in [0.15, 0.2) is 0 Å². The van der Waals surface area contributed by atoms with E-state index in [1.165, 1.54) is 0 Å². The van der Waals surface area contributed by atoms with Gasteiger partial charge in [-0.05, 0) is 0 Å². The second-order valence-electron chi connectivity index (χ2n) is 1.45. The van der Waals surface area contributed by atoms with Crippen molar-refractivity contribution in [1.29, 1.82) is 0 Å². The van der Waals surface area contributed by atoms with Crippen molar-refractivity contribution in [1.82, 2.24) is 0 Å². The molecule has 0 spiro atoms. The SMILES string of the molecule is C#CCC(N)C(=O)ON. The second kappa shape index (κ2) is 3.89. The Morgan fingerprint density at radius 2 is 2.44 bits per heavy atom. The first-order valence-corrected chi connectivity index (χ1v) is 2.32. The van der Waals surface area contributed by atoms with Crippen LogP contribution >= 0.6 is 0 Å². The van der Waals surface area contributed by atoms with Gasteiger partial charge < -0.3 is 10.6 Å². The molecule has 4 N–H and O–H groups in total. The Hall–Kier alpha value is -1.05.